The van der Waals surface area contributed by atoms with Gasteiger partial charge >= 0.3 is 0 Å². The van der Waals surface area contributed by atoms with E-state index in [2.05, 4.69) is 24.5 Å². The Morgan fingerprint density at radius 1 is 1.33 bits per heavy atom. The van der Waals surface area contributed by atoms with Crippen molar-refractivity contribution < 1.29 is 4.79 Å². The molecule has 1 aliphatic rings. The smallest absolute Gasteiger partial charge is 0.166 e. The lowest BCUT2D eigenvalue weighted by atomic mass is 9.86. The predicted octanol–water partition coefficient (Wildman–Crippen LogP) is 4.39. The normalized spacial score (nSPS) is 18.8. The van der Waals surface area contributed by atoms with E-state index in [0.29, 0.717) is 6.04 Å². The number of nitrogens with zero attached hydrogens (tertiary/aromatic N) is 1. The Bertz CT molecular complexity index is 388. The first-order valence-electron chi connectivity index (χ1n) is 7.41. The molecule has 18 heavy (non-hydrogen) atoms. The summed E-state index contributed by atoms with van der Waals surface area (Å²) in [6.07, 6.45) is 10.1. The first-order valence-corrected chi connectivity index (χ1v) is 7.41. The highest BCUT2D eigenvalue weighted by Gasteiger charge is 2.18. The molecule has 0 spiro atoms. The van der Waals surface area contributed by atoms with Crippen LogP contribution in [0, 0.1) is 5.92 Å². The van der Waals surface area contributed by atoms with Gasteiger partial charge in [-0.15, -0.1) is 0 Å². The fraction of sp³-hybridized carbons (Fsp3) is 0.688. The zero-order chi connectivity index (χ0) is 13.0. The fourth-order valence-corrected chi connectivity index (χ4v) is 3.18. The maximum atomic E-state index is 11.1. The minimum Gasteiger partial charge on any atom is -0.340 e. The van der Waals surface area contributed by atoms with Crippen LogP contribution in [0.25, 0.3) is 0 Å². The SMILES string of the molecule is CCC(C)n1c(C=O)ccc1CC1CCCCC1. The maximum absolute atomic E-state index is 11.1. The Balaban J connectivity index is 2.15. The van der Waals surface area contributed by atoms with Gasteiger partial charge in [0.15, 0.2) is 6.29 Å². The number of aromatic nitrogens is 1. The van der Waals surface area contributed by atoms with Crippen LogP contribution < -0.4 is 0 Å². The van der Waals surface area contributed by atoms with E-state index in [-0.39, 0.29) is 0 Å². The Morgan fingerprint density at radius 3 is 2.67 bits per heavy atom. The van der Waals surface area contributed by atoms with Gasteiger partial charge in [0.2, 0.25) is 0 Å². The molecule has 1 fully saturated rings. The average Bonchev–Trinajstić information content (AvgIpc) is 2.82. The molecule has 2 rings (SSSR count). The third-order valence-electron chi connectivity index (χ3n) is 4.41. The van der Waals surface area contributed by atoms with Crippen LogP contribution >= 0.6 is 0 Å². The molecule has 0 aliphatic heterocycles. The number of carbonyl (C=O) groups is 1. The Hall–Kier alpha value is -1.05. The van der Waals surface area contributed by atoms with Crippen molar-refractivity contribution in [3.8, 4) is 0 Å². The molecule has 0 aromatic carbocycles. The fourth-order valence-electron chi connectivity index (χ4n) is 3.18. The lowest BCUT2D eigenvalue weighted by Gasteiger charge is -2.24. The minimum atomic E-state index is 0.429. The zero-order valence-electron chi connectivity index (χ0n) is 11.7. The van der Waals surface area contributed by atoms with Gasteiger partial charge in [-0.3, -0.25) is 4.79 Å². The molecule has 1 atom stereocenters. The van der Waals surface area contributed by atoms with Gasteiger partial charge < -0.3 is 4.57 Å². The standard InChI is InChI=1S/C16H25NO/c1-3-13(2)17-15(9-10-16(17)12-18)11-14-7-5-4-6-8-14/h9-10,12-14H,3-8,11H2,1-2H3. The molecule has 1 heterocycles. The molecule has 0 radical (unpaired) electrons. The van der Waals surface area contributed by atoms with Crippen molar-refractivity contribution in [2.24, 2.45) is 5.92 Å². The summed E-state index contributed by atoms with van der Waals surface area (Å²) in [5, 5.41) is 0. The van der Waals surface area contributed by atoms with Crippen molar-refractivity contribution in [3.05, 3.63) is 23.5 Å². The summed E-state index contributed by atoms with van der Waals surface area (Å²) in [6, 6.07) is 4.57. The molecule has 1 aliphatic carbocycles. The third-order valence-corrected chi connectivity index (χ3v) is 4.41. The molecule has 0 bridgehead atoms. The average molecular weight is 247 g/mol. The monoisotopic (exact) mass is 247 g/mol. The second-order valence-electron chi connectivity index (χ2n) is 5.70. The number of hydrogen-bond donors (Lipinski definition) is 0. The molecule has 2 heteroatoms. The van der Waals surface area contributed by atoms with E-state index in [1.165, 1.54) is 37.8 Å². The highest BCUT2D eigenvalue weighted by molar-refractivity contribution is 5.72. The Morgan fingerprint density at radius 2 is 2.06 bits per heavy atom. The van der Waals surface area contributed by atoms with Gasteiger partial charge in [0.1, 0.15) is 0 Å². The van der Waals surface area contributed by atoms with Crippen LogP contribution in [0.15, 0.2) is 12.1 Å². The lowest BCUT2D eigenvalue weighted by Crippen LogP contribution is -2.16. The van der Waals surface area contributed by atoms with E-state index in [9.17, 15) is 4.79 Å². The van der Waals surface area contributed by atoms with Crippen molar-refractivity contribution in [1.29, 1.82) is 0 Å². The summed E-state index contributed by atoms with van der Waals surface area (Å²) >= 11 is 0. The quantitative estimate of drug-likeness (QED) is 0.707. The lowest BCUT2D eigenvalue weighted by molar-refractivity contribution is 0.111. The summed E-state index contributed by atoms with van der Waals surface area (Å²) in [6.45, 7) is 4.39. The van der Waals surface area contributed by atoms with E-state index < -0.39 is 0 Å². The van der Waals surface area contributed by atoms with Crippen molar-refractivity contribution in [2.45, 2.75) is 64.8 Å². The van der Waals surface area contributed by atoms with Crippen LogP contribution in [-0.2, 0) is 6.42 Å². The van der Waals surface area contributed by atoms with E-state index in [4.69, 9.17) is 0 Å². The molecule has 1 aromatic rings. The van der Waals surface area contributed by atoms with Gasteiger partial charge in [0, 0.05) is 11.7 Å². The summed E-state index contributed by atoms with van der Waals surface area (Å²) in [4.78, 5) is 11.1. The van der Waals surface area contributed by atoms with E-state index in [1.807, 2.05) is 6.07 Å². The molecule has 0 N–H and O–H groups in total. The first kappa shape index (κ1) is 13.4. The molecule has 0 amide bonds. The number of carbonyl (C=O) groups excluding carboxylic acids is 1. The van der Waals surface area contributed by atoms with Crippen LogP contribution in [-0.4, -0.2) is 10.9 Å². The van der Waals surface area contributed by atoms with E-state index in [1.54, 1.807) is 0 Å². The summed E-state index contributed by atoms with van der Waals surface area (Å²) in [5.74, 6) is 0.830. The van der Waals surface area contributed by atoms with Crippen molar-refractivity contribution in [2.75, 3.05) is 0 Å². The Labute approximate surface area is 110 Å². The molecule has 1 unspecified atom stereocenters. The van der Waals surface area contributed by atoms with Crippen LogP contribution in [0.1, 0.15) is 74.6 Å². The van der Waals surface area contributed by atoms with Crippen molar-refractivity contribution in [1.82, 2.24) is 4.57 Å². The molecular formula is C16H25NO. The summed E-state index contributed by atoms with van der Waals surface area (Å²) in [5.41, 5.74) is 2.20. The number of rotatable bonds is 5. The predicted molar refractivity (Wildman–Crippen MR) is 75.1 cm³/mol. The largest absolute Gasteiger partial charge is 0.340 e. The second-order valence-corrected chi connectivity index (χ2v) is 5.70. The van der Waals surface area contributed by atoms with Gasteiger partial charge in [0.05, 0.1) is 5.69 Å². The number of hydrogen-bond acceptors (Lipinski definition) is 1. The molecule has 1 aromatic heterocycles. The van der Waals surface area contributed by atoms with Crippen LogP contribution in [0.5, 0.6) is 0 Å². The number of aldehydes is 1. The first-order chi connectivity index (χ1) is 8.76. The van der Waals surface area contributed by atoms with Gasteiger partial charge in [-0.25, -0.2) is 0 Å². The zero-order valence-corrected chi connectivity index (χ0v) is 11.7. The minimum absolute atomic E-state index is 0.429. The maximum Gasteiger partial charge on any atom is 0.166 e. The highest BCUT2D eigenvalue weighted by Crippen LogP contribution is 2.29. The van der Waals surface area contributed by atoms with Crippen LogP contribution in [0.4, 0.5) is 0 Å². The van der Waals surface area contributed by atoms with E-state index >= 15 is 0 Å². The second kappa shape index (κ2) is 6.21. The van der Waals surface area contributed by atoms with Crippen molar-refractivity contribution in [3.63, 3.8) is 0 Å². The van der Waals surface area contributed by atoms with Crippen molar-refractivity contribution >= 4 is 6.29 Å². The van der Waals surface area contributed by atoms with Crippen LogP contribution in [0.3, 0.4) is 0 Å². The van der Waals surface area contributed by atoms with Crippen LogP contribution in [0.2, 0.25) is 0 Å². The third kappa shape index (κ3) is 2.85. The van der Waals surface area contributed by atoms with Gasteiger partial charge in [-0.05, 0) is 37.8 Å². The summed E-state index contributed by atoms with van der Waals surface area (Å²) < 4.78 is 2.25. The highest BCUT2D eigenvalue weighted by atomic mass is 16.1. The molecule has 100 valence electrons. The summed E-state index contributed by atoms with van der Waals surface area (Å²) in [7, 11) is 0. The molecule has 2 nitrogen and oxygen atoms in total. The Kier molecular flexibility index (Phi) is 4.62. The topological polar surface area (TPSA) is 22.0 Å². The molecule has 0 saturated heterocycles. The van der Waals surface area contributed by atoms with Gasteiger partial charge in [-0.1, -0.05) is 39.0 Å². The molecular weight excluding hydrogens is 222 g/mol. The van der Waals surface area contributed by atoms with E-state index in [0.717, 1.165) is 30.7 Å². The van der Waals surface area contributed by atoms with Gasteiger partial charge in [0.25, 0.3) is 0 Å². The molecule has 1 saturated carbocycles. The van der Waals surface area contributed by atoms with Gasteiger partial charge in [-0.2, -0.15) is 0 Å².